The van der Waals surface area contributed by atoms with Crippen molar-refractivity contribution in [2.24, 2.45) is 0 Å². The first-order valence-electron chi connectivity index (χ1n) is 8.75. The highest BCUT2D eigenvalue weighted by Crippen LogP contribution is 2.24. The van der Waals surface area contributed by atoms with Crippen molar-refractivity contribution in [3.8, 4) is 0 Å². The van der Waals surface area contributed by atoms with Crippen molar-refractivity contribution >= 4 is 54.9 Å². The Morgan fingerprint density at radius 2 is 1.89 bits per heavy atom. The Hall–Kier alpha value is -1.32. The second kappa shape index (κ2) is 9.00. The van der Waals surface area contributed by atoms with Crippen LogP contribution in [0.4, 0.5) is 0 Å². The minimum Gasteiger partial charge on any atom is -0.296 e. The van der Waals surface area contributed by atoms with Gasteiger partial charge in [0.25, 0.3) is 0 Å². The Kier molecular flexibility index (Phi) is 6.88. The van der Waals surface area contributed by atoms with Gasteiger partial charge in [0.15, 0.2) is 0 Å². The van der Waals surface area contributed by atoms with E-state index in [0.717, 1.165) is 28.2 Å². The van der Waals surface area contributed by atoms with Crippen LogP contribution < -0.4 is 9.60 Å². The molecule has 0 aliphatic carbocycles. The normalized spacial score (nSPS) is 12.1. The van der Waals surface area contributed by atoms with Gasteiger partial charge >= 0.3 is 4.87 Å². The van der Waals surface area contributed by atoms with E-state index in [0.29, 0.717) is 22.0 Å². The minimum atomic E-state index is -3.61. The van der Waals surface area contributed by atoms with E-state index in [-0.39, 0.29) is 15.8 Å². The molecule has 2 aromatic carbocycles. The van der Waals surface area contributed by atoms with Gasteiger partial charge in [-0.1, -0.05) is 35.1 Å². The Morgan fingerprint density at radius 1 is 1.18 bits per heavy atom. The molecule has 0 fully saturated rings. The van der Waals surface area contributed by atoms with Gasteiger partial charge in [0.2, 0.25) is 10.0 Å². The highest BCUT2D eigenvalue weighted by Gasteiger charge is 2.17. The Morgan fingerprint density at radius 3 is 2.57 bits per heavy atom. The van der Waals surface area contributed by atoms with Gasteiger partial charge in [-0.15, -0.1) is 0 Å². The molecule has 0 atom stereocenters. The van der Waals surface area contributed by atoms with E-state index in [1.807, 2.05) is 38.1 Å². The summed E-state index contributed by atoms with van der Waals surface area (Å²) in [5, 5.41) is 0.701. The number of hydrogen-bond acceptors (Lipinski definition) is 5. The van der Waals surface area contributed by atoms with E-state index in [9.17, 15) is 13.2 Å². The summed E-state index contributed by atoms with van der Waals surface area (Å²) in [4.78, 5) is 12.2. The maximum Gasteiger partial charge on any atom is 0.308 e. The lowest BCUT2D eigenvalue weighted by molar-refractivity contribution is 0.584. The quantitative estimate of drug-likeness (QED) is 0.506. The van der Waals surface area contributed by atoms with Crippen molar-refractivity contribution in [1.82, 2.24) is 9.29 Å². The molecule has 3 rings (SSSR count). The first-order valence-corrected chi connectivity index (χ1v) is 12.6. The standard InChI is InChI=1S/C19H21ClN2O3S3/c1-13(2)22-17-8-7-16(11-18(17)27-19(22)23)28(24,25)21-9-10-26-12-14-3-5-15(20)6-4-14/h3-8,11,13,21H,9-10,12H2,1-2H3. The molecule has 0 saturated carbocycles. The Balaban J connectivity index is 1.61. The number of aromatic nitrogens is 1. The third-order valence-corrected chi connectivity index (χ3v) is 7.79. The van der Waals surface area contributed by atoms with Crippen LogP contribution in [0.3, 0.4) is 0 Å². The molecule has 1 aromatic heterocycles. The number of nitrogens with zero attached hydrogens (tertiary/aromatic N) is 1. The van der Waals surface area contributed by atoms with Crippen LogP contribution in [-0.4, -0.2) is 25.3 Å². The Bertz CT molecular complexity index is 1120. The molecule has 1 heterocycles. The van der Waals surface area contributed by atoms with E-state index in [4.69, 9.17) is 11.6 Å². The molecule has 0 aliphatic rings. The second-order valence-electron chi connectivity index (χ2n) is 6.54. The zero-order valence-corrected chi connectivity index (χ0v) is 18.7. The number of halogens is 1. The van der Waals surface area contributed by atoms with Crippen molar-refractivity contribution in [2.75, 3.05) is 12.3 Å². The van der Waals surface area contributed by atoms with Crippen LogP contribution in [-0.2, 0) is 15.8 Å². The van der Waals surface area contributed by atoms with Gasteiger partial charge in [-0.05, 0) is 49.7 Å². The molecule has 3 aromatic rings. The fraction of sp³-hybridized carbons (Fsp3) is 0.316. The number of fused-ring (bicyclic) bond motifs is 1. The predicted octanol–water partition coefficient (Wildman–Crippen LogP) is 4.51. The first-order chi connectivity index (χ1) is 13.3. The summed E-state index contributed by atoms with van der Waals surface area (Å²) in [6, 6.07) is 12.5. The smallest absolute Gasteiger partial charge is 0.296 e. The summed E-state index contributed by atoms with van der Waals surface area (Å²) in [5.74, 6) is 1.45. The summed E-state index contributed by atoms with van der Waals surface area (Å²) < 4.78 is 30.1. The number of sulfonamides is 1. The molecule has 0 spiro atoms. The lowest BCUT2D eigenvalue weighted by Crippen LogP contribution is -2.26. The molecule has 0 radical (unpaired) electrons. The fourth-order valence-corrected chi connectivity index (χ4v) is 6.03. The SMILES string of the molecule is CC(C)n1c(=O)sc2cc(S(=O)(=O)NCCSCc3ccc(Cl)cc3)ccc21. The summed E-state index contributed by atoms with van der Waals surface area (Å²) >= 11 is 8.58. The molecule has 5 nitrogen and oxygen atoms in total. The van der Waals surface area contributed by atoms with Gasteiger partial charge in [-0.2, -0.15) is 11.8 Å². The van der Waals surface area contributed by atoms with Crippen LogP contribution in [0, 0.1) is 0 Å². The van der Waals surface area contributed by atoms with Crippen molar-refractivity contribution in [3.63, 3.8) is 0 Å². The van der Waals surface area contributed by atoms with Gasteiger partial charge in [0, 0.05) is 29.1 Å². The zero-order valence-electron chi connectivity index (χ0n) is 15.5. The molecule has 9 heteroatoms. The van der Waals surface area contributed by atoms with Crippen molar-refractivity contribution in [1.29, 1.82) is 0 Å². The highest BCUT2D eigenvalue weighted by molar-refractivity contribution is 7.98. The number of rotatable bonds is 8. The second-order valence-corrected chi connectivity index (χ2v) is 10.8. The molecule has 1 N–H and O–H groups in total. The van der Waals surface area contributed by atoms with Gasteiger partial charge in [-0.25, -0.2) is 13.1 Å². The molecule has 0 aliphatic heterocycles. The highest BCUT2D eigenvalue weighted by atomic mass is 35.5. The summed E-state index contributed by atoms with van der Waals surface area (Å²) in [7, 11) is -3.61. The van der Waals surface area contributed by atoms with Crippen LogP contribution in [0.2, 0.25) is 5.02 Å². The average Bonchev–Trinajstić information content (AvgIpc) is 2.98. The average molecular weight is 457 g/mol. The summed E-state index contributed by atoms with van der Waals surface area (Å²) in [6.45, 7) is 4.20. The largest absolute Gasteiger partial charge is 0.308 e. The van der Waals surface area contributed by atoms with E-state index in [1.54, 1.807) is 34.5 Å². The summed E-state index contributed by atoms with van der Waals surface area (Å²) in [5.41, 5.74) is 1.91. The number of thiazole rings is 1. The van der Waals surface area contributed by atoms with Crippen LogP contribution >= 0.6 is 34.7 Å². The zero-order chi connectivity index (χ0) is 20.3. The van der Waals surface area contributed by atoms with Gasteiger partial charge < -0.3 is 0 Å². The first kappa shape index (κ1) is 21.4. The third-order valence-electron chi connectivity index (χ3n) is 4.13. The molecule has 150 valence electrons. The van der Waals surface area contributed by atoms with Crippen molar-refractivity contribution < 1.29 is 8.42 Å². The molecular weight excluding hydrogens is 436 g/mol. The van der Waals surface area contributed by atoms with Crippen LogP contribution in [0.15, 0.2) is 52.2 Å². The van der Waals surface area contributed by atoms with E-state index in [1.165, 1.54) is 0 Å². The van der Waals surface area contributed by atoms with E-state index in [2.05, 4.69) is 4.72 Å². The Labute approximate surface area is 177 Å². The molecule has 28 heavy (non-hydrogen) atoms. The monoisotopic (exact) mass is 456 g/mol. The maximum atomic E-state index is 12.6. The lowest BCUT2D eigenvalue weighted by atomic mass is 10.2. The third kappa shape index (κ3) is 4.99. The molecule has 0 saturated heterocycles. The fourth-order valence-electron chi connectivity index (χ4n) is 2.78. The van der Waals surface area contributed by atoms with Crippen molar-refractivity contribution in [2.45, 2.75) is 30.5 Å². The van der Waals surface area contributed by atoms with Crippen LogP contribution in [0.5, 0.6) is 0 Å². The van der Waals surface area contributed by atoms with Gasteiger partial charge in [0.05, 0.1) is 15.1 Å². The molecule has 0 bridgehead atoms. The predicted molar refractivity (Wildman–Crippen MR) is 119 cm³/mol. The number of nitrogens with one attached hydrogen (secondary N) is 1. The summed E-state index contributed by atoms with van der Waals surface area (Å²) in [6.07, 6.45) is 0. The van der Waals surface area contributed by atoms with Crippen LogP contribution in [0.1, 0.15) is 25.5 Å². The van der Waals surface area contributed by atoms with Gasteiger partial charge in [-0.3, -0.25) is 9.36 Å². The molecule has 0 amide bonds. The lowest BCUT2D eigenvalue weighted by Gasteiger charge is -2.09. The maximum absolute atomic E-state index is 12.6. The topological polar surface area (TPSA) is 68.2 Å². The number of hydrogen-bond donors (Lipinski definition) is 1. The molecule has 0 unspecified atom stereocenters. The molecular formula is C19H21ClN2O3S3. The minimum absolute atomic E-state index is 0.0273. The van der Waals surface area contributed by atoms with E-state index >= 15 is 0 Å². The number of benzene rings is 2. The number of thioether (sulfide) groups is 1. The van der Waals surface area contributed by atoms with E-state index < -0.39 is 10.0 Å². The van der Waals surface area contributed by atoms with Crippen LogP contribution in [0.25, 0.3) is 10.2 Å². The van der Waals surface area contributed by atoms with Crippen molar-refractivity contribution in [3.05, 3.63) is 62.7 Å². The van der Waals surface area contributed by atoms with Gasteiger partial charge in [0.1, 0.15) is 0 Å².